The van der Waals surface area contributed by atoms with Gasteiger partial charge in [-0.2, -0.15) is 5.26 Å². The maximum absolute atomic E-state index is 11.8. The molecule has 1 heterocycles. The number of nitrogens with zero attached hydrogens (tertiary/aromatic N) is 1. The number of carbonyl (C=O) groups is 1. The third-order valence-corrected chi connectivity index (χ3v) is 3.58. The highest BCUT2D eigenvalue weighted by Crippen LogP contribution is 2.20. The van der Waals surface area contributed by atoms with E-state index in [1.807, 2.05) is 26.8 Å². The number of hydrogen-bond donors (Lipinski definition) is 1. The molecule has 1 aromatic rings. The van der Waals surface area contributed by atoms with E-state index in [2.05, 4.69) is 11.4 Å². The van der Waals surface area contributed by atoms with Gasteiger partial charge in [0, 0.05) is 4.88 Å². The summed E-state index contributed by atoms with van der Waals surface area (Å²) in [6, 6.07) is 3.59. The van der Waals surface area contributed by atoms with E-state index >= 15 is 0 Å². The van der Waals surface area contributed by atoms with Gasteiger partial charge in [-0.1, -0.05) is 13.3 Å². The largest absolute Gasteiger partial charge is 0.336 e. The molecule has 3 nitrogen and oxygen atoms in total. The predicted octanol–water partition coefficient (Wildman–Crippen LogP) is 2.79. The normalized spacial score (nSPS) is 11.9. The third-order valence-electron chi connectivity index (χ3n) is 2.43. The van der Waals surface area contributed by atoms with Crippen molar-refractivity contribution in [3.8, 4) is 6.07 Å². The number of amides is 1. The summed E-state index contributed by atoms with van der Waals surface area (Å²) in [5, 5.41) is 11.6. The topological polar surface area (TPSA) is 52.9 Å². The lowest BCUT2D eigenvalue weighted by molar-refractivity contribution is 0.0948. The van der Waals surface area contributed by atoms with Crippen LogP contribution in [0.25, 0.3) is 0 Å². The zero-order valence-corrected chi connectivity index (χ0v) is 10.6. The van der Waals surface area contributed by atoms with Crippen LogP contribution in [0.4, 0.5) is 0 Å². The highest BCUT2D eigenvalue weighted by molar-refractivity contribution is 7.14. The lowest BCUT2D eigenvalue weighted by atomic mass is 10.2. The predicted molar refractivity (Wildman–Crippen MR) is 65.6 cm³/mol. The van der Waals surface area contributed by atoms with Gasteiger partial charge in [0.05, 0.1) is 10.9 Å². The minimum atomic E-state index is -0.375. The van der Waals surface area contributed by atoms with E-state index in [1.165, 1.54) is 11.3 Å². The summed E-state index contributed by atoms with van der Waals surface area (Å²) >= 11 is 1.47. The minimum absolute atomic E-state index is 0.138. The Labute approximate surface area is 100 Å². The Morgan fingerprint density at radius 2 is 2.31 bits per heavy atom. The van der Waals surface area contributed by atoms with E-state index in [9.17, 15) is 4.79 Å². The van der Waals surface area contributed by atoms with Crippen LogP contribution in [-0.4, -0.2) is 11.9 Å². The van der Waals surface area contributed by atoms with Crippen molar-refractivity contribution >= 4 is 17.2 Å². The maximum Gasteiger partial charge on any atom is 0.262 e. The Bertz CT molecular complexity index is 398. The Morgan fingerprint density at radius 3 is 2.75 bits per heavy atom. The Kier molecular flexibility index (Phi) is 4.51. The van der Waals surface area contributed by atoms with Crippen molar-refractivity contribution in [2.75, 3.05) is 0 Å². The molecule has 0 radical (unpaired) electrons. The Morgan fingerprint density at radius 1 is 1.62 bits per heavy atom. The van der Waals surface area contributed by atoms with E-state index in [-0.39, 0.29) is 11.9 Å². The number of nitriles is 1. The molecule has 0 aliphatic rings. The zero-order chi connectivity index (χ0) is 12.1. The van der Waals surface area contributed by atoms with E-state index < -0.39 is 0 Å². The fraction of sp³-hybridized carbons (Fsp3) is 0.500. The Balaban J connectivity index is 2.68. The summed E-state index contributed by atoms with van der Waals surface area (Å²) in [5.74, 6) is -0.138. The average Bonchev–Trinajstić information content (AvgIpc) is 2.58. The molecule has 16 heavy (non-hydrogen) atoms. The molecule has 0 bridgehead atoms. The minimum Gasteiger partial charge on any atom is -0.336 e. The van der Waals surface area contributed by atoms with Crippen LogP contribution in [0.1, 0.15) is 39.9 Å². The van der Waals surface area contributed by atoms with Crippen LogP contribution < -0.4 is 5.32 Å². The van der Waals surface area contributed by atoms with Crippen LogP contribution in [0.15, 0.2) is 6.07 Å². The van der Waals surface area contributed by atoms with Crippen LogP contribution >= 0.6 is 11.3 Å². The fourth-order valence-electron chi connectivity index (χ4n) is 1.37. The van der Waals surface area contributed by atoms with Gasteiger partial charge in [-0.25, -0.2) is 0 Å². The standard InChI is InChI=1S/C12H16N2OS/c1-4-5-10(7-13)14-12(15)11-6-8(2)9(3)16-11/h6,10H,4-5H2,1-3H3,(H,14,15). The second-order valence-electron chi connectivity index (χ2n) is 3.79. The number of rotatable bonds is 4. The fourth-order valence-corrected chi connectivity index (χ4v) is 2.31. The van der Waals surface area contributed by atoms with Crippen LogP contribution in [0.5, 0.6) is 0 Å². The van der Waals surface area contributed by atoms with Crippen LogP contribution in [0.2, 0.25) is 0 Å². The molecular formula is C12H16N2OS. The van der Waals surface area contributed by atoms with Crippen molar-refractivity contribution in [3.63, 3.8) is 0 Å². The van der Waals surface area contributed by atoms with Crippen LogP contribution in [-0.2, 0) is 0 Å². The molecule has 0 fully saturated rings. The van der Waals surface area contributed by atoms with Gasteiger partial charge < -0.3 is 5.32 Å². The van der Waals surface area contributed by atoms with Gasteiger partial charge in [0.2, 0.25) is 0 Å². The van der Waals surface area contributed by atoms with E-state index in [0.29, 0.717) is 11.3 Å². The second-order valence-corrected chi connectivity index (χ2v) is 5.05. The molecule has 86 valence electrons. The molecule has 0 saturated heterocycles. The highest BCUT2D eigenvalue weighted by Gasteiger charge is 2.14. The third kappa shape index (κ3) is 3.07. The van der Waals surface area contributed by atoms with Gasteiger partial charge in [-0.15, -0.1) is 11.3 Å². The molecule has 4 heteroatoms. The quantitative estimate of drug-likeness (QED) is 0.874. The number of thiophene rings is 1. The van der Waals surface area contributed by atoms with Crippen molar-refractivity contribution in [1.82, 2.24) is 5.32 Å². The van der Waals surface area contributed by atoms with Crippen LogP contribution in [0.3, 0.4) is 0 Å². The molecule has 1 unspecified atom stereocenters. The molecule has 1 amide bonds. The lowest BCUT2D eigenvalue weighted by Gasteiger charge is -2.08. The molecular weight excluding hydrogens is 220 g/mol. The zero-order valence-electron chi connectivity index (χ0n) is 9.83. The summed E-state index contributed by atoms with van der Waals surface area (Å²) in [5.41, 5.74) is 1.12. The van der Waals surface area contributed by atoms with Gasteiger partial charge in [0.15, 0.2) is 0 Å². The Hall–Kier alpha value is -1.34. The van der Waals surface area contributed by atoms with Crippen LogP contribution in [0, 0.1) is 25.2 Å². The number of hydrogen-bond acceptors (Lipinski definition) is 3. The summed E-state index contributed by atoms with van der Waals surface area (Å²) < 4.78 is 0. The van der Waals surface area contributed by atoms with Gasteiger partial charge in [-0.05, 0) is 31.9 Å². The molecule has 0 aliphatic carbocycles. The second kappa shape index (κ2) is 5.66. The summed E-state index contributed by atoms with van der Waals surface area (Å²) in [6.45, 7) is 5.97. The first kappa shape index (κ1) is 12.7. The van der Waals surface area contributed by atoms with E-state index in [1.54, 1.807) is 0 Å². The van der Waals surface area contributed by atoms with Gasteiger partial charge in [-0.3, -0.25) is 4.79 Å². The van der Waals surface area contributed by atoms with Crippen molar-refractivity contribution < 1.29 is 4.79 Å². The molecule has 0 aliphatic heterocycles. The number of nitrogens with one attached hydrogen (secondary N) is 1. The van der Waals surface area contributed by atoms with E-state index in [4.69, 9.17) is 5.26 Å². The molecule has 1 atom stereocenters. The molecule has 0 saturated carbocycles. The smallest absolute Gasteiger partial charge is 0.262 e. The average molecular weight is 236 g/mol. The first-order valence-corrected chi connectivity index (χ1v) is 6.17. The van der Waals surface area contributed by atoms with Gasteiger partial charge in [0.25, 0.3) is 5.91 Å². The SMILES string of the molecule is CCCC(C#N)NC(=O)c1cc(C)c(C)s1. The number of carbonyl (C=O) groups excluding carboxylic acids is 1. The highest BCUT2D eigenvalue weighted by atomic mass is 32.1. The summed E-state index contributed by atoms with van der Waals surface area (Å²) in [6.07, 6.45) is 1.59. The van der Waals surface area contributed by atoms with Crippen molar-refractivity contribution in [2.24, 2.45) is 0 Å². The van der Waals surface area contributed by atoms with E-state index in [0.717, 1.165) is 16.9 Å². The maximum atomic E-state index is 11.8. The monoisotopic (exact) mass is 236 g/mol. The summed E-state index contributed by atoms with van der Waals surface area (Å²) in [4.78, 5) is 13.6. The van der Waals surface area contributed by atoms with Gasteiger partial charge in [0.1, 0.15) is 6.04 Å². The molecule has 0 aromatic carbocycles. The molecule has 0 spiro atoms. The number of aryl methyl sites for hydroxylation is 2. The first-order chi connectivity index (χ1) is 7.58. The molecule has 1 rings (SSSR count). The summed E-state index contributed by atoms with van der Waals surface area (Å²) in [7, 11) is 0. The van der Waals surface area contributed by atoms with Crippen molar-refractivity contribution in [1.29, 1.82) is 5.26 Å². The molecule has 1 N–H and O–H groups in total. The molecule has 1 aromatic heterocycles. The van der Waals surface area contributed by atoms with Crippen molar-refractivity contribution in [3.05, 3.63) is 21.4 Å². The van der Waals surface area contributed by atoms with Gasteiger partial charge >= 0.3 is 0 Å². The van der Waals surface area contributed by atoms with Crippen molar-refractivity contribution in [2.45, 2.75) is 39.7 Å². The first-order valence-electron chi connectivity index (χ1n) is 5.36. The lowest BCUT2D eigenvalue weighted by Crippen LogP contribution is -2.33.